The molecule has 356 valence electrons. The van der Waals surface area contributed by atoms with Crippen molar-refractivity contribution in [2.45, 2.75) is 219 Å². The number of hydrogen-bond donors (Lipinski definition) is 2. The van der Waals surface area contributed by atoms with Crippen LogP contribution in [0.15, 0.2) is 48.5 Å². The summed E-state index contributed by atoms with van der Waals surface area (Å²) >= 11 is 0. The molecule has 0 heterocycles. The molecule has 0 aromatic heterocycles. The van der Waals surface area contributed by atoms with Crippen molar-refractivity contribution >= 4 is 18.0 Å². The standard InChI is InChI=1S/C54H88N2O7/c1-6-8-10-12-14-16-18-20-22-24-26-32-38-60-42-44(61-39-33-27-25-23-21-19-17-15-13-11-9-7-2)41-55-52(58)50(40-51(57)63-54(3,4)5)56-53(59)62-43-49-47-36-30-28-34-45(47)46-35-29-31-37-48(46)49/h28-31,34-37,44,49-50H,6-27,32-33,38-43H2,1-5H3,(H,55,58)(H,56,59). The topological polar surface area (TPSA) is 112 Å². The minimum atomic E-state index is -1.20. The van der Waals surface area contributed by atoms with Gasteiger partial charge in [0.05, 0.1) is 19.1 Å². The maximum atomic E-state index is 13.8. The van der Waals surface area contributed by atoms with Crippen LogP contribution in [-0.2, 0) is 28.5 Å². The average Bonchev–Trinajstić information content (AvgIpc) is 3.58. The minimum absolute atomic E-state index is 0.0895. The van der Waals surface area contributed by atoms with Gasteiger partial charge in [0.15, 0.2) is 0 Å². The Kier molecular flexibility index (Phi) is 28.3. The van der Waals surface area contributed by atoms with E-state index in [0.717, 1.165) is 47.9 Å². The summed E-state index contributed by atoms with van der Waals surface area (Å²) in [7, 11) is 0. The van der Waals surface area contributed by atoms with Gasteiger partial charge in [-0.05, 0) is 55.9 Å². The summed E-state index contributed by atoms with van der Waals surface area (Å²) in [4.78, 5) is 40.1. The highest BCUT2D eigenvalue weighted by atomic mass is 16.6. The van der Waals surface area contributed by atoms with E-state index in [1.165, 1.54) is 128 Å². The Morgan fingerprint density at radius 2 is 1.05 bits per heavy atom. The second-order valence-corrected chi connectivity index (χ2v) is 18.9. The van der Waals surface area contributed by atoms with Crippen LogP contribution in [0, 0.1) is 0 Å². The third-order valence-electron chi connectivity index (χ3n) is 12.0. The van der Waals surface area contributed by atoms with Crippen LogP contribution in [0.2, 0.25) is 0 Å². The fourth-order valence-corrected chi connectivity index (χ4v) is 8.50. The van der Waals surface area contributed by atoms with Crippen LogP contribution in [0.4, 0.5) is 4.79 Å². The molecule has 9 heteroatoms. The fourth-order valence-electron chi connectivity index (χ4n) is 8.50. The summed E-state index contributed by atoms with van der Waals surface area (Å²) in [6.45, 7) is 11.7. The summed E-state index contributed by atoms with van der Waals surface area (Å²) in [5.74, 6) is -1.24. The molecule has 0 saturated heterocycles. The molecule has 0 spiro atoms. The summed E-state index contributed by atoms with van der Waals surface area (Å²) in [5, 5.41) is 5.63. The van der Waals surface area contributed by atoms with Gasteiger partial charge in [-0.25, -0.2) is 4.79 Å². The average molecular weight is 877 g/mol. The molecule has 2 atom stereocenters. The predicted octanol–water partition coefficient (Wildman–Crippen LogP) is 13.5. The zero-order chi connectivity index (χ0) is 45.4. The number of unbranched alkanes of at least 4 members (excludes halogenated alkanes) is 22. The van der Waals surface area contributed by atoms with Crippen molar-refractivity contribution in [1.29, 1.82) is 0 Å². The van der Waals surface area contributed by atoms with Crippen molar-refractivity contribution in [3.63, 3.8) is 0 Å². The maximum absolute atomic E-state index is 13.8. The van der Waals surface area contributed by atoms with Crippen molar-refractivity contribution in [3.05, 3.63) is 59.7 Å². The van der Waals surface area contributed by atoms with Crippen molar-refractivity contribution in [2.24, 2.45) is 0 Å². The van der Waals surface area contributed by atoms with E-state index in [1.54, 1.807) is 20.8 Å². The zero-order valence-electron chi connectivity index (χ0n) is 40.4. The molecular formula is C54H88N2O7. The van der Waals surface area contributed by atoms with Crippen molar-refractivity contribution in [3.8, 4) is 11.1 Å². The van der Waals surface area contributed by atoms with E-state index in [-0.39, 0.29) is 31.6 Å². The van der Waals surface area contributed by atoms with E-state index in [0.29, 0.717) is 19.8 Å². The first-order valence-electron chi connectivity index (χ1n) is 25.4. The summed E-state index contributed by atoms with van der Waals surface area (Å²) < 4.78 is 23.8. The van der Waals surface area contributed by atoms with Crippen LogP contribution in [0.3, 0.4) is 0 Å². The second-order valence-electron chi connectivity index (χ2n) is 18.9. The highest BCUT2D eigenvalue weighted by Gasteiger charge is 2.31. The Hall–Kier alpha value is -3.43. The second kappa shape index (κ2) is 33.1. The van der Waals surface area contributed by atoms with Crippen LogP contribution < -0.4 is 10.6 Å². The van der Waals surface area contributed by atoms with Gasteiger partial charge in [0.2, 0.25) is 5.91 Å². The minimum Gasteiger partial charge on any atom is -0.460 e. The largest absolute Gasteiger partial charge is 0.460 e. The first kappa shape index (κ1) is 53.9. The number of fused-ring (bicyclic) bond motifs is 3. The lowest BCUT2D eigenvalue weighted by atomic mass is 9.98. The van der Waals surface area contributed by atoms with Gasteiger partial charge in [-0.3, -0.25) is 9.59 Å². The van der Waals surface area contributed by atoms with Crippen LogP contribution in [0.5, 0.6) is 0 Å². The molecule has 0 aliphatic heterocycles. The van der Waals surface area contributed by atoms with Gasteiger partial charge in [0.1, 0.15) is 18.2 Å². The quantitative estimate of drug-likeness (QED) is 0.0513. The van der Waals surface area contributed by atoms with Gasteiger partial charge in [0, 0.05) is 25.7 Å². The monoisotopic (exact) mass is 877 g/mol. The summed E-state index contributed by atoms with van der Waals surface area (Å²) in [6, 6.07) is 15.1. The van der Waals surface area contributed by atoms with E-state index in [1.807, 2.05) is 24.3 Å². The molecule has 2 amide bonds. The van der Waals surface area contributed by atoms with Crippen LogP contribution >= 0.6 is 0 Å². The molecule has 0 radical (unpaired) electrons. The molecule has 0 bridgehead atoms. The molecule has 2 N–H and O–H groups in total. The van der Waals surface area contributed by atoms with Crippen LogP contribution in [0.25, 0.3) is 11.1 Å². The zero-order valence-corrected chi connectivity index (χ0v) is 40.4. The molecule has 0 saturated carbocycles. The molecule has 2 unspecified atom stereocenters. The lowest BCUT2D eigenvalue weighted by Crippen LogP contribution is -2.50. The Labute approximate surface area is 383 Å². The van der Waals surface area contributed by atoms with E-state index in [9.17, 15) is 14.4 Å². The van der Waals surface area contributed by atoms with Crippen molar-refractivity contribution < 1.29 is 33.3 Å². The van der Waals surface area contributed by atoms with Gasteiger partial charge in [-0.2, -0.15) is 0 Å². The number of carbonyl (C=O) groups is 3. The molecule has 3 rings (SSSR count). The summed E-state index contributed by atoms with van der Waals surface area (Å²) in [6.07, 6.45) is 29.2. The Balaban J connectivity index is 1.49. The molecule has 2 aromatic rings. The van der Waals surface area contributed by atoms with Gasteiger partial charge in [-0.1, -0.05) is 204 Å². The highest BCUT2D eigenvalue weighted by Crippen LogP contribution is 2.44. The number of alkyl carbamates (subject to hydrolysis) is 1. The Morgan fingerprint density at radius 3 is 1.52 bits per heavy atom. The van der Waals surface area contributed by atoms with Gasteiger partial charge >= 0.3 is 12.1 Å². The van der Waals surface area contributed by atoms with Gasteiger partial charge in [-0.15, -0.1) is 0 Å². The van der Waals surface area contributed by atoms with E-state index < -0.39 is 29.6 Å². The number of benzene rings is 2. The summed E-state index contributed by atoms with van der Waals surface area (Å²) in [5.41, 5.74) is 3.67. The first-order chi connectivity index (χ1) is 30.6. The number of amides is 2. The highest BCUT2D eigenvalue weighted by molar-refractivity contribution is 5.89. The smallest absolute Gasteiger partial charge is 0.407 e. The number of rotatable bonds is 37. The molecule has 0 fully saturated rings. The fraction of sp³-hybridized carbons (Fsp3) is 0.722. The molecule has 1 aliphatic rings. The maximum Gasteiger partial charge on any atom is 0.407 e. The molecule has 2 aromatic carbocycles. The normalized spacial score (nSPS) is 13.3. The van der Waals surface area contributed by atoms with Crippen LogP contribution in [-0.4, -0.2) is 68.7 Å². The molecule has 9 nitrogen and oxygen atoms in total. The lowest BCUT2D eigenvalue weighted by molar-refractivity contribution is -0.156. The Morgan fingerprint density at radius 1 is 0.603 bits per heavy atom. The third-order valence-corrected chi connectivity index (χ3v) is 12.0. The van der Waals surface area contributed by atoms with Crippen molar-refractivity contribution in [2.75, 3.05) is 33.0 Å². The number of hydrogen-bond acceptors (Lipinski definition) is 7. The number of esters is 1. The molecule has 63 heavy (non-hydrogen) atoms. The SMILES string of the molecule is CCCCCCCCCCCCCCOCC(CNC(=O)C(CC(=O)OC(C)(C)C)NC(=O)OCC1c2ccccc2-c2ccccc21)OCCCCCCCCCCCCCC. The van der Waals surface area contributed by atoms with Gasteiger partial charge < -0.3 is 29.6 Å². The lowest BCUT2D eigenvalue weighted by Gasteiger charge is -2.24. The number of ether oxygens (including phenoxy) is 4. The van der Waals surface area contributed by atoms with E-state index >= 15 is 0 Å². The van der Waals surface area contributed by atoms with E-state index in [4.69, 9.17) is 18.9 Å². The molecule has 1 aliphatic carbocycles. The molecular weight excluding hydrogens is 789 g/mol. The number of carbonyl (C=O) groups excluding carboxylic acids is 3. The predicted molar refractivity (Wildman–Crippen MR) is 258 cm³/mol. The third kappa shape index (κ3) is 23.9. The van der Waals surface area contributed by atoms with Crippen LogP contribution in [0.1, 0.15) is 212 Å². The Bertz CT molecular complexity index is 1480. The van der Waals surface area contributed by atoms with Gasteiger partial charge in [0.25, 0.3) is 0 Å². The number of nitrogens with one attached hydrogen (secondary N) is 2. The van der Waals surface area contributed by atoms with E-state index in [2.05, 4.69) is 48.7 Å². The first-order valence-corrected chi connectivity index (χ1v) is 25.4. The van der Waals surface area contributed by atoms with Crippen molar-refractivity contribution in [1.82, 2.24) is 10.6 Å².